The zero-order chi connectivity index (χ0) is 13.1. The van der Waals surface area contributed by atoms with E-state index in [0.29, 0.717) is 12.5 Å². The van der Waals surface area contributed by atoms with Gasteiger partial charge in [-0.15, -0.1) is 0 Å². The van der Waals surface area contributed by atoms with E-state index in [1.165, 1.54) is 0 Å². The van der Waals surface area contributed by atoms with Gasteiger partial charge in [0.1, 0.15) is 6.54 Å². The van der Waals surface area contributed by atoms with Gasteiger partial charge in [0.2, 0.25) is 5.91 Å². The van der Waals surface area contributed by atoms with E-state index in [2.05, 4.69) is 5.10 Å². The third-order valence-corrected chi connectivity index (χ3v) is 3.56. The molecule has 0 aromatic carbocycles. The summed E-state index contributed by atoms with van der Waals surface area (Å²) in [4.78, 5) is 14.0. The largest absolute Gasteiger partial charge is 0.396 e. The summed E-state index contributed by atoms with van der Waals surface area (Å²) in [5.74, 6) is 0.584. The maximum absolute atomic E-state index is 12.1. The molecule has 1 unspecified atom stereocenters. The van der Waals surface area contributed by atoms with Crippen molar-refractivity contribution in [3.63, 3.8) is 0 Å². The molecule has 5 nitrogen and oxygen atoms in total. The fourth-order valence-corrected chi connectivity index (χ4v) is 2.54. The van der Waals surface area contributed by atoms with Crippen molar-refractivity contribution in [1.29, 1.82) is 0 Å². The predicted molar refractivity (Wildman–Crippen MR) is 68.1 cm³/mol. The van der Waals surface area contributed by atoms with Crippen LogP contribution in [0.2, 0.25) is 0 Å². The molecule has 1 fully saturated rings. The fourth-order valence-electron chi connectivity index (χ4n) is 2.54. The minimum atomic E-state index is 0.127. The first-order valence-electron chi connectivity index (χ1n) is 6.50. The van der Waals surface area contributed by atoms with E-state index < -0.39 is 0 Å². The van der Waals surface area contributed by atoms with Crippen LogP contribution in [0, 0.1) is 19.8 Å². The number of aliphatic hydroxyl groups is 1. The molecule has 0 aliphatic carbocycles. The van der Waals surface area contributed by atoms with Crippen LogP contribution < -0.4 is 0 Å². The molecule has 0 spiro atoms. The van der Waals surface area contributed by atoms with Gasteiger partial charge in [0, 0.05) is 25.4 Å². The molecular weight excluding hydrogens is 230 g/mol. The van der Waals surface area contributed by atoms with E-state index in [4.69, 9.17) is 5.11 Å². The molecule has 100 valence electrons. The highest BCUT2D eigenvalue weighted by Gasteiger charge is 2.26. The van der Waals surface area contributed by atoms with Gasteiger partial charge in [-0.2, -0.15) is 5.10 Å². The summed E-state index contributed by atoms with van der Waals surface area (Å²) in [5, 5.41) is 13.2. The van der Waals surface area contributed by atoms with E-state index in [-0.39, 0.29) is 12.5 Å². The van der Waals surface area contributed by atoms with Crippen molar-refractivity contribution in [3.05, 3.63) is 17.5 Å². The Kier molecular flexibility index (Phi) is 4.01. The third kappa shape index (κ3) is 2.90. The van der Waals surface area contributed by atoms with Crippen LogP contribution in [0.1, 0.15) is 24.2 Å². The van der Waals surface area contributed by atoms with E-state index in [1.54, 1.807) is 4.68 Å². The standard InChI is InChI=1S/C13H21N3O2/c1-10-7-11(2)16(14-10)9-13(18)15-5-3-12(8-15)4-6-17/h7,12,17H,3-6,8-9H2,1-2H3. The lowest BCUT2D eigenvalue weighted by Gasteiger charge is -2.16. The molecule has 2 heterocycles. The first-order valence-corrected chi connectivity index (χ1v) is 6.50. The van der Waals surface area contributed by atoms with Crippen LogP contribution in [0.5, 0.6) is 0 Å². The quantitative estimate of drug-likeness (QED) is 0.858. The highest BCUT2D eigenvalue weighted by molar-refractivity contribution is 5.76. The number of carbonyl (C=O) groups excluding carboxylic acids is 1. The van der Waals surface area contributed by atoms with Gasteiger partial charge in [-0.1, -0.05) is 0 Å². The van der Waals surface area contributed by atoms with Crippen molar-refractivity contribution in [2.24, 2.45) is 5.92 Å². The molecular formula is C13H21N3O2. The average Bonchev–Trinajstić information content (AvgIpc) is 2.87. The topological polar surface area (TPSA) is 58.4 Å². The van der Waals surface area contributed by atoms with Crippen molar-refractivity contribution in [2.75, 3.05) is 19.7 Å². The second kappa shape index (κ2) is 5.52. The lowest BCUT2D eigenvalue weighted by molar-refractivity contribution is -0.131. The molecule has 1 aliphatic rings. The molecule has 18 heavy (non-hydrogen) atoms. The van der Waals surface area contributed by atoms with Gasteiger partial charge in [-0.05, 0) is 38.7 Å². The van der Waals surface area contributed by atoms with Crippen LogP contribution >= 0.6 is 0 Å². The smallest absolute Gasteiger partial charge is 0.244 e. The number of nitrogens with zero attached hydrogens (tertiary/aromatic N) is 3. The number of likely N-dealkylation sites (tertiary alicyclic amines) is 1. The molecule has 0 bridgehead atoms. The van der Waals surface area contributed by atoms with E-state index in [0.717, 1.165) is 37.3 Å². The predicted octanol–water partition coefficient (Wildman–Crippen LogP) is 0.731. The maximum Gasteiger partial charge on any atom is 0.244 e. The van der Waals surface area contributed by atoms with Gasteiger partial charge in [-0.25, -0.2) is 0 Å². The molecule has 1 aromatic heterocycles. The molecule has 1 atom stereocenters. The van der Waals surface area contributed by atoms with Crippen molar-refractivity contribution < 1.29 is 9.90 Å². The molecule has 1 saturated heterocycles. The third-order valence-electron chi connectivity index (χ3n) is 3.56. The van der Waals surface area contributed by atoms with E-state index in [1.807, 2.05) is 24.8 Å². The van der Waals surface area contributed by atoms with Crippen molar-refractivity contribution in [3.8, 4) is 0 Å². The zero-order valence-electron chi connectivity index (χ0n) is 11.1. The van der Waals surface area contributed by atoms with Crippen LogP contribution in [-0.4, -0.2) is 45.4 Å². The maximum atomic E-state index is 12.1. The Bertz CT molecular complexity index is 428. The normalized spacial score (nSPS) is 19.5. The molecule has 2 rings (SSSR count). The monoisotopic (exact) mass is 251 g/mol. The zero-order valence-corrected chi connectivity index (χ0v) is 11.1. The van der Waals surface area contributed by atoms with Crippen molar-refractivity contribution >= 4 is 5.91 Å². The molecule has 1 aromatic rings. The number of aromatic nitrogens is 2. The second-order valence-electron chi connectivity index (χ2n) is 5.09. The summed E-state index contributed by atoms with van der Waals surface area (Å²) >= 11 is 0. The summed E-state index contributed by atoms with van der Waals surface area (Å²) in [7, 11) is 0. The Morgan fingerprint density at radius 1 is 1.56 bits per heavy atom. The van der Waals surface area contributed by atoms with Gasteiger partial charge < -0.3 is 10.0 Å². The first kappa shape index (κ1) is 13.1. The highest BCUT2D eigenvalue weighted by atomic mass is 16.3. The van der Waals surface area contributed by atoms with Crippen LogP contribution in [-0.2, 0) is 11.3 Å². The fraction of sp³-hybridized carbons (Fsp3) is 0.692. The Morgan fingerprint density at radius 2 is 2.33 bits per heavy atom. The number of carbonyl (C=O) groups is 1. The summed E-state index contributed by atoms with van der Waals surface area (Å²) in [6, 6.07) is 1.98. The lowest BCUT2D eigenvalue weighted by Crippen LogP contribution is -2.32. The van der Waals surface area contributed by atoms with Gasteiger partial charge in [0.15, 0.2) is 0 Å². The number of aryl methyl sites for hydroxylation is 2. The van der Waals surface area contributed by atoms with Gasteiger partial charge in [0.05, 0.1) is 5.69 Å². The Balaban J connectivity index is 1.91. The summed E-state index contributed by atoms with van der Waals surface area (Å²) < 4.78 is 1.76. The van der Waals surface area contributed by atoms with Crippen LogP contribution in [0.25, 0.3) is 0 Å². The van der Waals surface area contributed by atoms with Crippen molar-refractivity contribution in [1.82, 2.24) is 14.7 Å². The number of rotatable bonds is 4. The minimum Gasteiger partial charge on any atom is -0.396 e. The van der Waals surface area contributed by atoms with Crippen LogP contribution in [0.3, 0.4) is 0 Å². The van der Waals surface area contributed by atoms with E-state index in [9.17, 15) is 4.79 Å². The first-order chi connectivity index (χ1) is 8.60. The number of hydrogen-bond donors (Lipinski definition) is 1. The number of hydrogen-bond acceptors (Lipinski definition) is 3. The summed E-state index contributed by atoms with van der Waals surface area (Å²) in [6.07, 6.45) is 1.80. The Hall–Kier alpha value is -1.36. The van der Waals surface area contributed by atoms with Gasteiger partial charge >= 0.3 is 0 Å². The average molecular weight is 251 g/mol. The lowest BCUT2D eigenvalue weighted by atomic mass is 10.1. The van der Waals surface area contributed by atoms with E-state index >= 15 is 0 Å². The number of aliphatic hydroxyl groups excluding tert-OH is 1. The van der Waals surface area contributed by atoms with Gasteiger partial charge in [0.25, 0.3) is 0 Å². The molecule has 1 aliphatic heterocycles. The SMILES string of the molecule is Cc1cc(C)n(CC(=O)N2CCC(CCO)C2)n1. The Labute approximate surface area is 107 Å². The highest BCUT2D eigenvalue weighted by Crippen LogP contribution is 2.19. The molecule has 1 amide bonds. The van der Waals surface area contributed by atoms with Crippen LogP contribution in [0.15, 0.2) is 6.07 Å². The minimum absolute atomic E-state index is 0.127. The molecule has 0 saturated carbocycles. The number of amides is 1. The van der Waals surface area contributed by atoms with Crippen molar-refractivity contribution in [2.45, 2.75) is 33.2 Å². The second-order valence-corrected chi connectivity index (χ2v) is 5.09. The van der Waals surface area contributed by atoms with Gasteiger partial charge in [-0.3, -0.25) is 9.48 Å². The Morgan fingerprint density at radius 3 is 2.94 bits per heavy atom. The summed E-state index contributed by atoms with van der Waals surface area (Å²) in [6.45, 7) is 6.02. The molecule has 1 N–H and O–H groups in total. The van der Waals surface area contributed by atoms with Crippen LogP contribution in [0.4, 0.5) is 0 Å². The summed E-state index contributed by atoms with van der Waals surface area (Å²) in [5.41, 5.74) is 1.96. The molecule has 0 radical (unpaired) electrons. The molecule has 5 heteroatoms.